The SMILES string of the molecule is C=C[C@@]1(OCc2ccccc2)[C@H](C)[C@@H](CC)O[C@H]1n1ccc(=O)n(Cc2ccc(OC)cc2)c1=O. The predicted molar refractivity (Wildman–Crippen MR) is 135 cm³/mol. The van der Waals surface area contributed by atoms with Gasteiger partial charge in [0.1, 0.15) is 11.4 Å². The number of methoxy groups -OCH3 is 1. The van der Waals surface area contributed by atoms with Crippen LogP contribution >= 0.6 is 0 Å². The van der Waals surface area contributed by atoms with Crippen LogP contribution in [0.15, 0.2) is 89.1 Å². The van der Waals surface area contributed by atoms with Crippen LogP contribution in [0, 0.1) is 5.92 Å². The van der Waals surface area contributed by atoms with E-state index in [4.69, 9.17) is 14.2 Å². The Kier molecular flexibility index (Phi) is 7.38. The molecule has 0 spiro atoms. The van der Waals surface area contributed by atoms with Crippen LogP contribution in [0.4, 0.5) is 0 Å². The Morgan fingerprint density at radius 3 is 2.40 bits per heavy atom. The van der Waals surface area contributed by atoms with Gasteiger partial charge >= 0.3 is 5.69 Å². The Morgan fingerprint density at radius 2 is 1.77 bits per heavy atom. The van der Waals surface area contributed by atoms with Gasteiger partial charge < -0.3 is 14.2 Å². The zero-order chi connectivity index (χ0) is 25.0. The Balaban J connectivity index is 1.72. The summed E-state index contributed by atoms with van der Waals surface area (Å²) in [6.07, 6.45) is 3.09. The molecule has 0 N–H and O–H groups in total. The number of benzene rings is 2. The molecule has 0 amide bonds. The third-order valence-corrected chi connectivity index (χ3v) is 6.86. The lowest BCUT2D eigenvalue weighted by atomic mass is 9.85. The van der Waals surface area contributed by atoms with Gasteiger partial charge in [0.25, 0.3) is 5.56 Å². The number of hydrogen-bond acceptors (Lipinski definition) is 5. The van der Waals surface area contributed by atoms with Gasteiger partial charge in [0.05, 0.1) is 26.4 Å². The minimum absolute atomic E-state index is 0.0624. The van der Waals surface area contributed by atoms with Crippen molar-refractivity contribution in [2.45, 2.75) is 51.4 Å². The molecule has 0 unspecified atom stereocenters. The maximum atomic E-state index is 13.6. The first-order chi connectivity index (χ1) is 16.9. The summed E-state index contributed by atoms with van der Waals surface area (Å²) in [6.45, 7) is 8.65. The van der Waals surface area contributed by atoms with E-state index < -0.39 is 17.5 Å². The molecule has 1 fully saturated rings. The first-order valence-electron chi connectivity index (χ1n) is 11.8. The molecule has 1 aliphatic heterocycles. The summed E-state index contributed by atoms with van der Waals surface area (Å²) in [6, 6.07) is 18.5. The van der Waals surface area contributed by atoms with Crippen molar-refractivity contribution in [3.05, 3.63) is 111 Å². The molecule has 1 saturated heterocycles. The largest absolute Gasteiger partial charge is 0.497 e. The Morgan fingerprint density at radius 1 is 1.06 bits per heavy atom. The lowest BCUT2D eigenvalue weighted by Crippen LogP contribution is -2.48. The van der Waals surface area contributed by atoms with Crippen molar-refractivity contribution in [2.75, 3.05) is 7.11 Å². The highest BCUT2D eigenvalue weighted by Crippen LogP contribution is 2.47. The van der Waals surface area contributed by atoms with Crippen LogP contribution in [-0.4, -0.2) is 27.9 Å². The molecule has 3 aromatic rings. The third kappa shape index (κ3) is 4.74. The van der Waals surface area contributed by atoms with Gasteiger partial charge in [-0.05, 0) is 29.7 Å². The zero-order valence-electron chi connectivity index (χ0n) is 20.4. The number of hydrogen-bond donors (Lipinski definition) is 0. The van der Waals surface area contributed by atoms with Gasteiger partial charge in [0.15, 0.2) is 6.23 Å². The van der Waals surface area contributed by atoms with Gasteiger partial charge in [-0.25, -0.2) is 4.79 Å². The third-order valence-electron chi connectivity index (χ3n) is 6.86. The topological polar surface area (TPSA) is 71.7 Å². The highest BCUT2D eigenvalue weighted by molar-refractivity contribution is 5.27. The van der Waals surface area contributed by atoms with Crippen molar-refractivity contribution in [1.29, 1.82) is 0 Å². The molecule has 35 heavy (non-hydrogen) atoms. The molecular formula is C28H32N2O5. The fourth-order valence-electron chi connectivity index (χ4n) is 4.74. The van der Waals surface area contributed by atoms with E-state index in [9.17, 15) is 9.59 Å². The molecule has 4 atom stereocenters. The van der Waals surface area contributed by atoms with Crippen molar-refractivity contribution in [3.8, 4) is 5.75 Å². The van der Waals surface area contributed by atoms with E-state index in [2.05, 4.69) is 13.5 Å². The van der Waals surface area contributed by atoms with E-state index >= 15 is 0 Å². The second kappa shape index (κ2) is 10.5. The standard InChI is InChI=1S/C28H32N2O5/c1-5-24-20(3)28(6-2,34-19-22-10-8-7-9-11-22)26(35-24)29-17-16-25(31)30(27(29)32)18-21-12-14-23(33-4)15-13-21/h6-17,20,24,26H,2,5,18-19H2,1,3-4H3/t20-,24-,26-,28-/m1/s1. The summed E-state index contributed by atoms with van der Waals surface area (Å²) in [7, 11) is 1.59. The summed E-state index contributed by atoms with van der Waals surface area (Å²) >= 11 is 0. The monoisotopic (exact) mass is 476 g/mol. The van der Waals surface area contributed by atoms with Crippen LogP contribution in [0.5, 0.6) is 5.75 Å². The maximum Gasteiger partial charge on any atom is 0.333 e. The van der Waals surface area contributed by atoms with Gasteiger partial charge in [-0.3, -0.25) is 13.9 Å². The molecular weight excluding hydrogens is 444 g/mol. The van der Waals surface area contributed by atoms with Crippen LogP contribution in [0.25, 0.3) is 0 Å². The average Bonchev–Trinajstić information content (AvgIpc) is 3.17. The Labute approximate surface area is 205 Å². The predicted octanol–water partition coefficient (Wildman–Crippen LogP) is 4.15. The average molecular weight is 477 g/mol. The second-order valence-corrected chi connectivity index (χ2v) is 8.83. The van der Waals surface area contributed by atoms with Crippen molar-refractivity contribution < 1.29 is 14.2 Å². The zero-order valence-corrected chi connectivity index (χ0v) is 20.4. The van der Waals surface area contributed by atoms with Crippen molar-refractivity contribution in [3.63, 3.8) is 0 Å². The highest BCUT2D eigenvalue weighted by atomic mass is 16.6. The van der Waals surface area contributed by atoms with Gasteiger partial charge in [-0.1, -0.05) is 62.4 Å². The summed E-state index contributed by atoms with van der Waals surface area (Å²) in [5.41, 5.74) is 0.0240. The van der Waals surface area contributed by atoms with Crippen molar-refractivity contribution in [1.82, 2.24) is 9.13 Å². The van der Waals surface area contributed by atoms with Crippen LogP contribution in [0.1, 0.15) is 37.6 Å². The van der Waals surface area contributed by atoms with Crippen LogP contribution in [0.2, 0.25) is 0 Å². The molecule has 7 heteroatoms. The van der Waals surface area contributed by atoms with Crippen LogP contribution in [-0.2, 0) is 22.6 Å². The minimum atomic E-state index is -0.956. The molecule has 4 rings (SSSR count). The summed E-state index contributed by atoms with van der Waals surface area (Å²) in [5.74, 6) is 0.643. The summed E-state index contributed by atoms with van der Waals surface area (Å²) in [5, 5.41) is 0. The Bertz CT molecular complexity index is 1270. The lowest BCUT2D eigenvalue weighted by molar-refractivity contribution is -0.116. The first kappa shape index (κ1) is 24.7. The fraction of sp³-hybridized carbons (Fsp3) is 0.357. The van der Waals surface area contributed by atoms with E-state index in [-0.39, 0.29) is 24.1 Å². The molecule has 0 saturated carbocycles. The minimum Gasteiger partial charge on any atom is -0.497 e. The van der Waals surface area contributed by atoms with E-state index in [0.29, 0.717) is 12.4 Å². The van der Waals surface area contributed by atoms with Gasteiger partial charge in [-0.2, -0.15) is 0 Å². The maximum absolute atomic E-state index is 13.6. The van der Waals surface area contributed by atoms with Crippen LogP contribution in [0.3, 0.4) is 0 Å². The molecule has 0 aliphatic carbocycles. The summed E-state index contributed by atoms with van der Waals surface area (Å²) in [4.78, 5) is 26.3. The van der Waals surface area contributed by atoms with Crippen molar-refractivity contribution in [2.24, 2.45) is 5.92 Å². The van der Waals surface area contributed by atoms with E-state index in [1.807, 2.05) is 49.4 Å². The first-order valence-corrected chi connectivity index (χ1v) is 11.8. The molecule has 184 valence electrons. The smallest absolute Gasteiger partial charge is 0.333 e. The van der Waals surface area contributed by atoms with Crippen LogP contribution < -0.4 is 16.0 Å². The molecule has 0 radical (unpaired) electrons. The highest BCUT2D eigenvalue weighted by Gasteiger charge is 2.54. The molecule has 0 bridgehead atoms. The molecule has 2 aromatic carbocycles. The molecule has 1 aromatic heterocycles. The molecule has 2 heterocycles. The lowest BCUT2D eigenvalue weighted by Gasteiger charge is -2.35. The summed E-state index contributed by atoms with van der Waals surface area (Å²) < 4.78 is 20.8. The van der Waals surface area contributed by atoms with E-state index in [1.165, 1.54) is 21.4 Å². The quantitative estimate of drug-likeness (QED) is 0.434. The fourth-order valence-corrected chi connectivity index (χ4v) is 4.74. The normalized spacial score (nSPS) is 23.8. The van der Waals surface area contributed by atoms with E-state index in [0.717, 1.165) is 17.5 Å². The molecule has 1 aliphatic rings. The Hall–Kier alpha value is -3.42. The second-order valence-electron chi connectivity index (χ2n) is 8.83. The van der Waals surface area contributed by atoms with Crippen molar-refractivity contribution >= 4 is 0 Å². The number of ether oxygens (including phenoxy) is 3. The molecule has 7 nitrogen and oxygen atoms in total. The number of nitrogens with zero attached hydrogens (tertiary/aromatic N) is 2. The van der Waals surface area contributed by atoms with Gasteiger partial charge in [0, 0.05) is 18.2 Å². The van der Waals surface area contributed by atoms with Gasteiger partial charge in [-0.15, -0.1) is 6.58 Å². The van der Waals surface area contributed by atoms with E-state index in [1.54, 1.807) is 25.3 Å². The van der Waals surface area contributed by atoms with Gasteiger partial charge in [0.2, 0.25) is 0 Å². The number of rotatable bonds is 9. The number of aromatic nitrogens is 2.